The van der Waals surface area contributed by atoms with Gasteiger partial charge in [-0.2, -0.15) is 0 Å². The molecule has 1 heterocycles. The first-order chi connectivity index (χ1) is 12.4. The number of guanidine groups is 1. The maximum Gasteiger partial charge on any atom is 0.191 e. The first-order valence-electron chi connectivity index (χ1n) is 9.72. The summed E-state index contributed by atoms with van der Waals surface area (Å²) in [6.45, 7) is 10.7. The van der Waals surface area contributed by atoms with Gasteiger partial charge < -0.3 is 20.3 Å². The molecule has 6 heteroatoms. The summed E-state index contributed by atoms with van der Waals surface area (Å²) in [4.78, 5) is 7.21. The van der Waals surface area contributed by atoms with Gasteiger partial charge in [-0.1, -0.05) is 44.2 Å². The third-order valence-corrected chi connectivity index (χ3v) is 5.49. The summed E-state index contributed by atoms with van der Waals surface area (Å²) in [6.07, 6.45) is 2.09. The molecule has 154 valence electrons. The fourth-order valence-electron chi connectivity index (χ4n) is 3.38. The number of benzene rings is 1. The third-order valence-electron chi connectivity index (χ3n) is 5.49. The van der Waals surface area contributed by atoms with Crippen LogP contribution in [0.2, 0.25) is 0 Å². The second-order valence-electron chi connectivity index (χ2n) is 8.03. The van der Waals surface area contributed by atoms with E-state index in [0.29, 0.717) is 0 Å². The third kappa shape index (κ3) is 6.91. The lowest BCUT2D eigenvalue weighted by atomic mass is 9.85. The van der Waals surface area contributed by atoms with Gasteiger partial charge >= 0.3 is 0 Å². The number of halogens is 1. The summed E-state index contributed by atoms with van der Waals surface area (Å²) >= 11 is 0. The SMILES string of the molecule is CCNC(=NCC(C)(C)c1ccccc1)NCC1(N(C)C)CCOCC1.I. The smallest absolute Gasteiger partial charge is 0.191 e. The van der Waals surface area contributed by atoms with E-state index in [0.717, 1.165) is 51.6 Å². The van der Waals surface area contributed by atoms with Crippen LogP contribution < -0.4 is 10.6 Å². The Balaban J connectivity index is 0.00000364. The van der Waals surface area contributed by atoms with Crippen molar-refractivity contribution in [2.24, 2.45) is 4.99 Å². The summed E-state index contributed by atoms with van der Waals surface area (Å²) in [5.74, 6) is 0.893. The maximum atomic E-state index is 5.57. The molecular weight excluding hydrogens is 451 g/mol. The maximum absolute atomic E-state index is 5.57. The van der Waals surface area contributed by atoms with E-state index in [1.165, 1.54) is 5.56 Å². The van der Waals surface area contributed by atoms with Gasteiger partial charge in [0.05, 0.1) is 6.54 Å². The molecule has 0 aromatic heterocycles. The molecule has 2 rings (SSSR count). The molecule has 1 aliphatic heterocycles. The van der Waals surface area contributed by atoms with E-state index in [1.807, 2.05) is 0 Å². The second-order valence-corrected chi connectivity index (χ2v) is 8.03. The standard InChI is InChI=1S/C21H36N4O.HI/c1-6-22-19(23-16-20(2,3)18-10-8-7-9-11-18)24-17-21(25(4)5)12-14-26-15-13-21;/h7-11H,6,12-17H2,1-5H3,(H2,22,23,24);1H. The van der Waals surface area contributed by atoms with Crippen molar-refractivity contribution >= 4 is 29.9 Å². The first-order valence-corrected chi connectivity index (χ1v) is 9.72. The van der Waals surface area contributed by atoms with Gasteiger partial charge in [-0.3, -0.25) is 4.99 Å². The molecule has 0 aliphatic carbocycles. The van der Waals surface area contributed by atoms with Crippen molar-refractivity contribution in [3.05, 3.63) is 35.9 Å². The van der Waals surface area contributed by atoms with Crippen molar-refractivity contribution in [1.29, 1.82) is 0 Å². The zero-order chi connectivity index (χ0) is 19.0. The van der Waals surface area contributed by atoms with Crippen LogP contribution in [0.1, 0.15) is 39.2 Å². The highest BCUT2D eigenvalue weighted by Crippen LogP contribution is 2.25. The number of aliphatic imine (C=N–C) groups is 1. The molecule has 1 fully saturated rings. The van der Waals surface area contributed by atoms with Gasteiger partial charge in [-0.05, 0) is 39.4 Å². The number of nitrogens with one attached hydrogen (secondary N) is 2. The zero-order valence-corrected chi connectivity index (χ0v) is 19.9. The fourth-order valence-corrected chi connectivity index (χ4v) is 3.38. The second kappa shape index (κ2) is 11.2. The Hall–Kier alpha value is -0.860. The molecule has 1 aromatic carbocycles. The van der Waals surface area contributed by atoms with Crippen molar-refractivity contribution in [2.75, 3.05) is 46.9 Å². The minimum atomic E-state index is 0. The van der Waals surface area contributed by atoms with E-state index < -0.39 is 0 Å². The molecule has 0 radical (unpaired) electrons. The molecule has 0 spiro atoms. The van der Waals surface area contributed by atoms with Gasteiger partial charge in [0.1, 0.15) is 0 Å². The monoisotopic (exact) mass is 488 g/mol. The van der Waals surface area contributed by atoms with Crippen LogP contribution in [0.25, 0.3) is 0 Å². The lowest BCUT2D eigenvalue weighted by Crippen LogP contribution is -2.57. The first kappa shape index (κ1) is 24.2. The molecule has 5 nitrogen and oxygen atoms in total. The summed E-state index contributed by atoms with van der Waals surface area (Å²) in [6, 6.07) is 10.6. The lowest BCUT2D eigenvalue weighted by molar-refractivity contribution is -0.00501. The van der Waals surface area contributed by atoms with E-state index in [4.69, 9.17) is 9.73 Å². The number of nitrogens with zero attached hydrogens (tertiary/aromatic N) is 2. The largest absolute Gasteiger partial charge is 0.381 e. The van der Waals surface area contributed by atoms with Crippen LogP contribution in [0, 0.1) is 0 Å². The van der Waals surface area contributed by atoms with Crippen LogP contribution in [-0.2, 0) is 10.2 Å². The predicted octanol–water partition coefficient (Wildman–Crippen LogP) is 3.25. The molecule has 1 aliphatic rings. The highest BCUT2D eigenvalue weighted by molar-refractivity contribution is 14.0. The number of rotatable bonds is 7. The van der Waals surface area contributed by atoms with Crippen LogP contribution in [0.15, 0.2) is 35.3 Å². The van der Waals surface area contributed by atoms with Crippen molar-refractivity contribution in [3.8, 4) is 0 Å². The van der Waals surface area contributed by atoms with E-state index in [9.17, 15) is 0 Å². The molecule has 0 saturated carbocycles. The highest BCUT2D eigenvalue weighted by Gasteiger charge is 2.34. The Kier molecular flexibility index (Phi) is 10.0. The van der Waals surface area contributed by atoms with E-state index in [2.05, 4.69) is 80.7 Å². The van der Waals surface area contributed by atoms with Gasteiger partial charge in [-0.25, -0.2) is 0 Å². The Labute approximate surface area is 182 Å². The van der Waals surface area contributed by atoms with Crippen LogP contribution in [0.3, 0.4) is 0 Å². The van der Waals surface area contributed by atoms with Crippen LogP contribution in [0.5, 0.6) is 0 Å². The Morgan fingerprint density at radius 2 is 1.78 bits per heavy atom. The van der Waals surface area contributed by atoms with E-state index >= 15 is 0 Å². The molecule has 0 unspecified atom stereocenters. The Morgan fingerprint density at radius 3 is 2.33 bits per heavy atom. The molecule has 2 N–H and O–H groups in total. The van der Waals surface area contributed by atoms with Gasteiger partial charge in [-0.15, -0.1) is 24.0 Å². The van der Waals surface area contributed by atoms with Gasteiger partial charge in [0.2, 0.25) is 0 Å². The summed E-state index contributed by atoms with van der Waals surface area (Å²) < 4.78 is 5.57. The van der Waals surface area contributed by atoms with E-state index in [-0.39, 0.29) is 34.9 Å². The minimum absolute atomic E-state index is 0. The normalized spacial score (nSPS) is 17.3. The average Bonchev–Trinajstić information content (AvgIpc) is 2.65. The number of hydrogen-bond acceptors (Lipinski definition) is 3. The molecule has 0 atom stereocenters. The lowest BCUT2D eigenvalue weighted by Gasteiger charge is -2.43. The topological polar surface area (TPSA) is 48.9 Å². The summed E-state index contributed by atoms with van der Waals surface area (Å²) in [5.41, 5.74) is 1.44. The van der Waals surface area contributed by atoms with Crippen molar-refractivity contribution in [1.82, 2.24) is 15.5 Å². The predicted molar refractivity (Wildman–Crippen MR) is 125 cm³/mol. The minimum Gasteiger partial charge on any atom is -0.381 e. The molecule has 0 bridgehead atoms. The Bertz CT molecular complexity index is 569. The molecule has 0 amide bonds. The van der Waals surface area contributed by atoms with Crippen molar-refractivity contribution in [3.63, 3.8) is 0 Å². The Morgan fingerprint density at radius 1 is 1.15 bits per heavy atom. The zero-order valence-electron chi connectivity index (χ0n) is 17.5. The number of ether oxygens (including phenoxy) is 1. The summed E-state index contributed by atoms with van der Waals surface area (Å²) in [5, 5.41) is 6.97. The van der Waals surface area contributed by atoms with Crippen LogP contribution >= 0.6 is 24.0 Å². The van der Waals surface area contributed by atoms with Crippen molar-refractivity contribution in [2.45, 2.75) is 44.6 Å². The van der Waals surface area contributed by atoms with Gasteiger partial charge in [0.25, 0.3) is 0 Å². The summed E-state index contributed by atoms with van der Waals surface area (Å²) in [7, 11) is 4.32. The molecular formula is C21H37IN4O. The molecule has 1 aromatic rings. The van der Waals surface area contributed by atoms with Gasteiger partial charge in [0.15, 0.2) is 5.96 Å². The highest BCUT2D eigenvalue weighted by atomic mass is 127. The molecule has 27 heavy (non-hydrogen) atoms. The van der Waals surface area contributed by atoms with Crippen LogP contribution in [-0.4, -0.2) is 63.3 Å². The molecule has 1 saturated heterocycles. The average molecular weight is 488 g/mol. The van der Waals surface area contributed by atoms with Crippen LogP contribution in [0.4, 0.5) is 0 Å². The number of likely N-dealkylation sites (N-methyl/N-ethyl adjacent to an activating group) is 1. The number of hydrogen-bond donors (Lipinski definition) is 2. The quantitative estimate of drug-likeness (QED) is 0.352. The van der Waals surface area contributed by atoms with Gasteiger partial charge in [0, 0.05) is 37.3 Å². The van der Waals surface area contributed by atoms with Crippen molar-refractivity contribution < 1.29 is 4.74 Å². The van der Waals surface area contributed by atoms with E-state index in [1.54, 1.807) is 0 Å². The fraction of sp³-hybridized carbons (Fsp3) is 0.667.